The van der Waals surface area contributed by atoms with E-state index in [-0.39, 0.29) is 12.2 Å². The Bertz CT molecular complexity index is 318. The van der Waals surface area contributed by atoms with E-state index in [1.165, 1.54) is 0 Å². The monoisotopic (exact) mass is 196 g/mol. The van der Waals surface area contributed by atoms with Gasteiger partial charge in [-0.15, -0.1) is 0 Å². The Morgan fingerprint density at radius 1 is 1.07 bits per heavy atom. The Morgan fingerprint density at radius 3 is 1.93 bits per heavy atom. The minimum absolute atomic E-state index is 0.128. The summed E-state index contributed by atoms with van der Waals surface area (Å²) in [5, 5.41) is 0. The normalized spacial score (nSPS) is 55.0. The molecule has 3 aliphatic rings. The fraction of sp³-hybridized carbons (Fsp3) is 0.800. The van der Waals surface area contributed by atoms with E-state index >= 15 is 0 Å². The third kappa shape index (κ3) is 0.557. The van der Waals surface area contributed by atoms with E-state index in [4.69, 9.17) is 9.47 Å². The minimum atomic E-state index is -0.743. The molecule has 4 heteroatoms. The van der Waals surface area contributed by atoms with Crippen molar-refractivity contribution in [1.82, 2.24) is 0 Å². The first-order valence-electron chi connectivity index (χ1n) is 4.93. The molecule has 14 heavy (non-hydrogen) atoms. The van der Waals surface area contributed by atoms with Gasteiger partial charge in [-0.3, -0.25) is 9.59 Å². The van der Waals surface area contributed by atoms with Crippen molar-refractivity contribution in [3.8, 4) is 0 Å². The average molecular weight is 196 g/mol. The van der Waals surface area contributed by atoms with Crippen LogP contribution >= 0.6 is 0 Å². The first-order chi connectivity index (χ1) is 6.51. The number of hydrogen-bond acceptors (Lipinski definition) is 4. The third-order valence-electron chi connectivity index (χ3n) is 4.42. The summed E-state index contributed by atoms with van der Waals surface area (Å²) < 4.78 is 10.4. The molecule has 3 rings (SSSR count). The van der Waals surface area contributed by atoms with Crippen LogP contribution in [0.1, 0.15) is 26.7 Å². The Hall–Kier alpha value is -0.900. The maximum Gasteiger partial charge on any atom is 0.323 e. The van der Waals surface area contributed by atoms with Crippen LogP contribution in [-0.2, 0) is 19.1 Å². The zero-order valence-electron chi connectivity index (χ0n) is 8.20. The number of esters is 2. The van der Waals surface area contributed by atoms with Gasteiger partial charge in [-0.2, -0.15) is 0 Å². The molecule has 3 aliphatic heterocycles. The van der Waals surface area contributed by atoms with Crippen LogP contribution in [-0.4, -0.2) is 24.1 Å². The summed E-state index contributed by atoms with van der Waals surface area (Å²) in [4.78, 5) is 23.3. The highest BCUT2D eigenvalue weighted by atomic mass is 16.6. The topological polar surface area (TPSA) is 52.6 Å². The molecule has 0 saturated carbocycles. The molecule has 2 unspecified atom stereocenters. The summed E-state index contributed by atoms with van der Waals surface area (Å²) in [7, 11) is 0. The molecule has 0 aromatic carbocycles. The van der Waals surface area contributed by atoms with Crippen LogP contribution in [0, 0.1) is 10.8 Å². The summed E-state index contributed by atoms with van der Waals surface area (Å²) in [6.07, 6.45) is 1.46. The van der Waals surface area contributed by atoms with Crippen molar-refractivity contribution >= 4 is 11.9 Å². The van der Waals surface area contributed by atoms with Crippen molar-refractivity contribution in [3.05, 3.63) is 0 Å². The van der Waals surface area contributed by atoms with E-state index in [1.807, 2.05) is 0 Å². The van der Waals surface area contributed by atoms with Gasteiger partial charge in [-0.1, -0.05) is 0 Å². The maximum absolute atomic E-state index is 11.7. The molecule has 3 fully saturated rings. The summed E-state index contributed by atoms with van der Waals surface area (Å²) in [6.45, 7) is 3.59. The SMILES string of the molecule is CC12C(=O)OC(=O)C1(C)[C@H]1CC[C@@H]2O1. The first-order valence-corrected chi connectivity index (χ1v) is 4.93. The van der Waals surface area contributed by atoms with Gasteiger partial charge in [0.05, 0.1) is 12.2 Å². The van der Waals surface area contributed by atoms with Crippen LogP contribution in [0.5, 0.6) is 0 Å². The molecule has 0 spiro atoms. The van der Waals surface area contributed by atoms with Gasteiger partial charge < -0.3 is 9.47 Å². The highest BCUT2D eigenvalue weighted by Gasteiger charge is 2.76. The summed E-state index contributed by atoms with van der Waals surface area (Å²) in [5.41, 5.74) is -1.49. The molecular formula is C10H12O4. The fourth-order valence-corrected chi connectivity index (χ4v) is 3.14. The van der Waals surface area contributed by atoms with Crippen molar-refractivity contribution in [2.24, 2.45) is 10.8 Å². The van der Waals surface area contributed by atoms with Crippen LogP contribution < -0.4 is 0 Å². The molecule has 0 amide bonds. The lowest BCUT2D eigenvalue weighted by atomic mass is 9.59. The largest absolute Gasteiger partial charge is 0.392 e. The number of hydrogen-bond donors (Lipinski definition) is 0. The Morgan fingerprint density at radius 2 is 1.50 bits per heavy atom. The van der Waals surface area contributed by atoms with E-state index in [1.54, 1.807) is 13.8 Å². The molecule has 0 aromatic rings. The molecule has 0 aromatic heterocycles. The van der Waals surface area contributed by atoms with Crippen LogP contribution in [0.25, 0.3) is 0 Å². The average Bonchev–Trinajstić information content (AvgIpc) is 2.73. The Kier molecular flexibility index (Phi) is 1.22. The van der Waals surface area contributed by atoms with Crippen molar-refractivity contribution in [2.45, 2.75) is 38.9 Å². The van der Waals surface area contributed by atoms with Crippen molar-refractivity contribution < 1.29 is 19.1 Å². The predicted molar refractivity (Wildman–Crippen MR) is 45.2 cm³/mol. The van der Waals surface area contributed by atoms with E-state index in [0.717, 1.165) is 12.8 Å². The van der Waals surface area contributed by atoms with Crippen LogP contribution in [0.3, 0.4) is 0 Å². The number of carbonyl (C=O) groups excluding carboxylic acids is 2. The molecule has 0 radical (unpaired) electrons. The van der Waals surface area contributed by atoms with Crippen molar-refractivity contribution in [3.63, 3.8) is 0 Å². The zero-order valence-corrected chi connectivity index (χ0v) is 8.20. The second-order valence-corrected chi connectivity index (χ2v) is 4.77. The lowest BCUT2D eigenvalue weighted by Gasteiger charge is -2.34. The van der Waals surface area contributed by atoms with Crippen molar-refractivity contribution in [1.29, 1.82) is 0 Å². The first kappa shape index (κ1) is 8.41. The molecule has 4 atom stereocenters. The Labute approximate surface area is 81.6 Å². The van der Waals surface area contributed by atoms with E-state index in [0.29, 0.717) is 0 Å². The number of cyclic esters (lactones) is 2. The molecule has 3 heterocycles. The standard InChI is InChI=1S/C10H12O4/c1-9-5-3-4-6(13-5)10(9,2)8(12)14-7(9)11/h5-6H,3-4H2,1-2H3/t5-,6+,9?,10?. The fourth-order valence-electron chi connectivity index (χ4n) is 3.14. The van der Waals surface area contributed by atoms with E-state index < -0.39 is 22.8 Å². The van der Waals surface area contributed by atoms with Crippen LogP contribution in [0.15, 0.2) is 0 Å². The maximum atomic E-state index is 11.7. The zero-order chi connectivity index (χ0) is 10.1. The van der Waals surface area contributed by atoms with Gasteiger partial charge in [0.25, 0.3) is 0 Å². The summed E-state index contributed by atoms with van der Waals surface area (Å²) >= 11 is 0. The van der Waals surface area contributed by atoms with Gasteiger partial charge in [0.1, 0.15) is 10.8 Å². The molecule has 3 saturated heterocycles. The van der Waals surface area contributed by atoms with Gasteiger partial charge in [0, 0.05) is 0 Å². The van der Waals surface area contributed by atoms with Crippen LogP contribution in [0.4, 0.5) is 0 Å². The molecule has 2 bridgehead atoms. The van der Waals surface area contributed by atoms with Crippen LogP contribution in [0.2, 0.25) is 0 Å². The van der Waals surface area contributed by atoms with Crippen molar-refractivity contribution in [2.75, 3.05) is 0 Å². The smallest absolute Gasteiger partial charge is 0.323 e. The molecule has 4 nitrogen and oxygen atoms in total. The van der Waals surface area contributed by atoms with Gasteiger partial charge in [-0.25, -0.2) is 0 Å². The molecular weight excluding hydrogens is 184 g/mol. The number of ether oxygens (including phenoxy) is 2. The van der Waals surface area contributed by atoms with E-state index in [2.05, 4.69) is 0 Å². The quantitative estimate of drug-likeness (QED) is 0.421. The highest BCUT2D eigenvalue weighted by molar-refractivity contribution is 6.03. The number of fused-ring (bicyclic) bond motifs is 5. The molecule has 76 valence electrons. The second-order valence-electron chi connectivity index (χ2n) is 4.77. The predicted octanol–water partition coefficient (Wildman–Crippen LogP) is 0.644. The Balaban J connectivity index is 2.21. The minimum Gasteiger partial charge on any atom is -0.392 e. The van der Waals surface area contributed by atoms with Gasteiger partial charge in [0.2, 0.25) is 0 Å². The highest BCUT2D eigenvalue weighted by Crippen LogP contribution is 2.63. The summed E-state index contributed by atoms with van der Waals surface area (Å²) in [5.74, 6) is -0.811. The lowest BCUT2D eigenvalue weighted by Crippen LogP contribution is -2.48. The summed E-state index contributed by atoms with van der Waals surface area (Å²) in [6, 6.07) is 0. The number of rotatable bonds is 0. The van der Waals surface area contributed by atoms with Gasteiger partial charge >= 0.3 is 11.9 Å². The number of carbonyl (C=O) groups is 2. The van der Waals surface area contributed by atoms with Gasteiger partial charge in [0.15, 0.2) is 0 Å². The molecule has 0 aliphatic carbocycles. The van der Waals surface area contributed by atoms with Gasteiger partial charge in [-0.05, 0) is 26.7 Å². The lowest BCUT2D eigenvalue weighted by molar-refractivity contribution is -0.159. The van der Waals surface area contributed by atoms with E-state index in [9.17, 15) is 9.59 Å². The second kappa shape index (κ2) is 2.03. The third-order valence-corrected chi connectivity index (χ3v) is 4.42. The molecule has 0 N–H and O–H groups in total.